The van der Waals surface area contributed by atoms with Gasteiger partial charge in [-0.2, -0.15) is 0 Å². The van der Waals surface area contributed by atoms with Gasteiger partial charge >= 0.3 is 0 Å². The van der Waals surface area contributed by atoms with Crippen molar-refractivity contribution >= 4 is 44.7 Å². The van der Waals surface area contributed by atoms with Crippen LogP contribution in [0, 0.1) is 13.8 Å². The fraction of sp³-hybridized carbons (Fsp3) is 0.235. The Hall–Kier alpha value is -0.227. The third-order valence-corrected chi connectivity index (χ3v) is 3.05. The Morgan fingerprint density at radius 3 is 2.10 bits per heavy atom. The average molecular weight is 385 g/mol. The van der Waals surface area contributed by atoms with Crippen molar-refractivity contribution in [2.75, 3.05) is 12.8 Å². The molecule has 0 amide bonds. The van der Waals surface area contributed by atoms with Gasteiger partial charge in [0.15, 0.2) is 0 Å². The molecule has 0 nitrogen and oxygen atoms in total. The van der Waals surface area contributed by atoms with Crippen molar-refractivity contribution in [1.29, 1.82) is 0 Å². The molecule has 20 heavy (non-hydrogen) atoms. The smallest absolute Gasteiger partial charge is 0.0108 e. The fourth-order valence-corrected chi connectivity index (χ4v) is 2.50. The van der Waals surface area contributed by atoms with E-state index in [1.807, 2.05) is 0 Å². The van der Waals surface area contributed by atoms with Crippen molar-refractivity contribution < 1.29 is 26.2 Å². The van der Waals surface area contributed by atoms with E-state index in [9.17, 15) is 0 Å². The molecule has 0 aliphatic heterocycles. The number of fused-ring (bicyclic) bond motifs is 3. The van der Waals surface area contributed by atoms with E-state index in [1.54, 1.807) is 0 Å². The van der Waals surface area contributed by atoms with Crippen molar-refractivity contribution in [3.8, 4) is 0 Å². The van der Waals surface area contributed by atoms with Crippen molar-refractivity contribution in [3.05, 3.63) is 53.6 Å². The summed E-state index contributed by atoms with van der Waals surface area (Å²) in [5.74, 6) is 0. The van der Waals surface area contributed by atoms with E-state index < -0.39 is 0 Å². The van der Waals surface area contributed by atoms with E-state index in [-0.39, 0.29) is 26.2 Å². The monoisotopic (exact) mass is 383 g/mol. The Balaban J connectivity index is 0.000000667. The molecule has 0 aliphatic rings. The molecule has 0 spiro atoms. The molecule has 0 saturated heterocycles. The average Bonchev–Trinajstić information content (AvgIpc) is 2.81. The van der Waals surface area contributed by atoms with Crippen LogP contribution >= 0.6 is 23.2 Å². The summed E-state index contributed by atoms with van der Waals surface area (Å²) >= 11 is 9.28. The molecule has 106 valence electrons. The van der Waals surface area contributed by atoms with Crippen molar-refractivity contribution in [3.63, 3.8) is 0 Å². The zero-order valence-corrected chi connectivity index (χ0v) is 16.3. The number of alkyl halides is 2. The minimum Gasteiger partial charge on any atom is -0.130 e. The van der Waals surface area contributed by atoms with Crippen LogP contribution in [0.3, 0.4) is 0 Å². The molecule has 0 saturated carbocycles. The molecule has 0 aliphatic carbocycles. The minimum atomic E-state index is 0. The van der Waals surface area contributed by atoms with Crippen LogP contribution in [-0.4, -0.2) is 12.8 Å². The maximum absolute atomic E-state index is 4.64. The van der Waals surface area contributed by atoms with Crippen LogP contribution < -0.4 is 0 Å². The Morgan fingerprint density at radius 2 is 1.45 bits per heavy atom. The second-order valence-electron chi connectivity index (χ2n) is 4.28. The van der Waals surface area contributed by atoms with Crippen LogP contribution in [0.25, 0.3) is 21.5 Å². The molecule has 0 bridgehead atoms. The number of hydrogen-bond acceptors (Lipinski definition) is 0. The second-order valence-corrected chi connectivity index (χ2v) is 4.28. The van der Waals surface area contributed by atoms with E-state index in [0.29, 0.717) is 0 Å². The van der Waals surface area contributed by atoms with Crippen molar-refractivity contribution in [1.82, 2.24) is 0 Å². The molecule has 3 heteroatoms. The topological polar surface area (TPSA) is 0 Å². The molecule has 3 aromatic carbocycles. The zero-order chi connectivity index (χ0) is 14.4. The summed E-state index contributed by atoms with van der Waals surface area (Å²) in [6.45, 7) is 4.35. The van der Waals surface area contributed by atoms with Gasteiger partial charge in [0.1, 0.15) is 0 Å². The van der Waals surface area contributed by atoms with Gasteiger partial charge in [-0.1, -0.05) is 35.4 Å². The molecular weight excluding hydrogens is 366 g/mol. The molecule has 0 N–H and O–H groups in total. The van der Waals surface area contributed by atoms with Crippen LogP contribution in [0.5, 0.6) is 0 Å². The summed E-state index contributed by atoms with van der Waals surface area (Å²) in [7, 11) is 0. The normalized spacial score (nSPS) is 9.10. The first-order chi connectivity index (χ1) is 9.25. The predicted octanol–water partition coefficient (Wildman–Crippen LogP) is 6.04. The molecular formula is C17H19Cl2Zr-. The minimum absolute atomic E-state index is 0. The fourth-order valence-electron chi connectivity index (χ4n) is 2.50. The Kier molecular flexibility index (Phi) is 9.55. The SMILES string of the molecule is CCl.CCl.Cc1cc(C)c2c(c1)[cH-]c1ccccc12.[Zr]. The van der Waals surface area contributed by atoms with E-state index in [4.69, 9.17) is 0 Å². The van der Waals surface area contributed by atoms with Gasteiger partial charge in [-0.3, -0.25) is 0 Å². The van der Waals surface area contributed by atoms with Gasteiger partial charge in [0.05, 0.1) is 0 Å². The maximum atomic E-state index is 4.64. The van der Waals surface area contributed by atoms with E-state index >= 15 is 0 Å². The van der Waals surface area contributed by atoms with Gasteiger partial charge in [0.25, 0.3) is 0 Å². The van der Waals surface area contributed by atoms with Crippen LogP contribution in [0.15, 0.2) is 42.5 Å². The third kappa shape index (κ3) is 4.14. The standard InChI is InChI=1S/C15H13.2CH3Cl.Zr/c1-10-7-11(2)15-13(8-10)9-12-5-3-4-6-14(12)15;2*1-2;/h3-9H,1-2H3;2*1H3;/q-1;;;. The van der Waals surface area contributed by atoms with Gasteiger partial charge in [-0.15, -0.1) is 62.9 Å². The van der Waals surface area contributed by atoms with Gasteiger partial charge in [-0.05, 0) is 13.8 Å². The van der Waals surface area contributed by atoms with E-state index in [1.165, 1.54) is 45.4 Å². The molecule has 0 fully saturated rings. The van der Waals surface area contributed by atoms with Gasteiger partial charge in [0, 0.05) is 39.0 Å². The molecule has 3 rings (SSSR count). The van der Waals surface area contributed by atoms with Gasteiger partial charge in [0.2, 0.25) is 0 Å². The first-order valence-corrected chi connectivity index (χ1v) is 7.58. The Labute approximate surface area is 150 Å². The zero-order valence-electron chi connectivity index (χ0n) is 12.3. The molecule has 0 aromatic heterocycles. The number of rotatable bonds is 0. The summed E-state index contributed by atoms with van der Waals surface area (Å²) in [5, 5.41) is 5.51. The van der Waals surface area contributed by atoms with Gasteiger partial charge < -0.3 is 0 Å². The molecule has 0 atom stereocenters. The summed E-state index contributed by atoms with van der Waals surface area (Å²) in [6, 6.07) is 15.4. The number of aryl methyl sites for hydroxylation is 2. The van der Waals surface area contributed by atoms with Crippen LogP contribution in [0.2, 0.25) is 0 Å². The number of benzene rings is 2. The summed E-state index contributed by atoms with van der Waals surface area (Å²) in [6.07, 6.45) is 2.94. The second kappa shape index (κ2) is 9.66. The summed E-state index contributed by atoms with van der Waals surface area (Å²) in [4.78, 5) is 0. The molecule has 0 radical (unpaired) electrons. The number of hydrogen-bond donors (Lipinski definition) is 0. The maximum Gasteiger partial charge on any atom is 0.0108 e. The van der Waals surface area contributed by atoms with E-state index in [0.717, 1.165) is 0 Å². The van der Waals surface area contributed by atoms with Crippen molar-refractivity contribution in [2.24, 2.45) is 0 Å². The molecule has 3 aromatic rings. The summed E-state index contributed by atoms with van der Waals surface area (Å²) in [5.41, 5.74) is 2.72. The first-order valence-electron chi connectivity index (χ1n) is 6.07. The summed E-state index contributed by atoms with van der Waals surface area (Å²) < 4.78 is 0. The number of halogens is 2. The van der Waals surface area contributed by atoms with Crippen LogP contribution in [0.1, 0.15) is 11.1 Å². The quantitative estimate of drug-likeness (QED) is 0.327. The van der Waals surface area contributed by atoms with Crippen molar-refractivity contribution in [2.45, 2.75) is 13.8 Å². The Bertz CT molecular complexity index is 656. The predicted molar refractivity (Wildman–Crippen MR) is 90.1 cm³/mol. The molecule has 0 heterocycles. The largest absolute Gasteiger partial charge is 0.130 e. The van der Waals surface area contributed by atoms with E-state index in [2.05, 4.69) is 79.5 Å². The third-order valence-electron chi connectivity index (χ3n) is 3.05. The van der Waals surface area contributed by atoms with Crippen LogP contribution in [-0.2, 0) is 26.2 Å². The first kappa shape index (κ1) is 19.8. The van der Waals surface area contributed by atoms with Gasteiger partial charge in [-0.25, -0.2) is 0 Å². The Morgan fingerprint density at radius 1 is 0.850 bits per heavy atom. The molecule has 0 unspecified atom stereocenters. The van der Waals surface area contributed by atoms with Crippen LogP contribution in [0.4, 0.5) is 0 Å².